The highest BCUT2D eigenvalue weighted by Gasteiger charge is 2.38. The summed E-state index contributed by atoms with van der Waals surface area (Å²) in [7, 11) is -3.20. The Morgan fingerprint density at radius 2 is 1.87 bits per heavy atom. The number of likely N-dealkylation sites (tertiary alicyclic amines) is 1. The van der Waals surface area contributed by atoms with Crippen LogP contribution in [0.15, 0.2) is 18.2 Å². The summed E-state index contributed by atoms with van der Waals surface area (Å²) in [6, 6.07) is 5.71. The summed E-state index contributed by atoms with van der Waals surface area (Å²) >= 11 is 0. The van der Waals surface area contributed by atoms with Gasteiger partial charge in [-0.05, 0) is 44.7 Å². The van der Waals surface area contributed by atoms with Crippen molar-refractivity contribution in [2.45, 2.75) is 45.1 Å². The number of ketones is 1. The molecule has 2 fully saturated rings. The third kappa shape index (κ3) is 4.39. The zero-order valence-electron chi connectivity index (χ0n) is 17.7. The van der Waals surface area contributed by atoms with Crippen molar-refractivity contribution >= 4 is 21.7 Å². The second-order valence-electron chi connectivity index (χ2n) is 8.91. The van der Waals surface area contributed by atoms with Crippen molar-refractivity contribution in [3.8, 4) is 5.75 Å². The van der Waals surface area contributed by atoms with Gasteiger partial charge in [-0.2, -0.15) is 0 Å². The molecule has 0 N–H and O–H groups in total. The van der Waals surface area contributed by atoms with Gasteiger partial charge in [0.05, 0.1) is 11.8 Å². The molecule has 2 saturated heterocycles. The summed E-state index contributed by atoms with van der Waals surface area (Å²) in [5, 5.41) is 0. The van der Waals surface area contributed by atoms with Crippen LogP contribution in [0.25, 0.3) is 0 Å². The minimum absolute atomic E-state index is 0.113. The van der Waals surface area contributed by atoms with Crippen LogP contribution in [-0.4, -0.2) is 67.9 Å². The van der Waals surface area contributed by atoms with Gasteiger partial charge >= 0.3 is 0 Å². The van der Waals surface area contributed by atoms with E-state index in [2.05, 4.69) is 0 Å². The van der Waals surface area contributed by atoms with E-state index in [-0.39, 0.29) is 29.6 Å². The number of carbonyl (C=O) groups excluding carboxylic acids is 2. The molecule has 8 heteroatoms. The lowest BCUT2D eigenvalue weighted by Crippen LogP contribution is -2.50. The number of amides is 1. The molecule has 1 aromatic carbocycles. The van der Waals surface area contributed by atoms with Gasteiger partial charge in [0.25, 0.3) is 0 Å². The topological polar surface area (TPSA) is 84.0 Å². The Morgan fingerprint density at radius 3 is 2.57 bits per heavy atom. The first-order chi connectivity index (χ1) is 14.2. The predicted molar refractivity (Wildman–Crippen MR) is 113 cm³/mol. The van der Waals surface area contributed by atoms with Gasteiger partial charge in [-0.3, -0.25) is 9.59 Å². The molecule has 1 aromatic rings. The Balaban J connectivity index is 1.38. The number of ether oxygens (including phenoxy) is 1. The maximum Gasteiger partial charge on any atom is 0.225 e. The van der Waals surface area contributed by atoms with Crippen molar-refractivity contribution in [2.75, 3.05) is 32.4 Å². The summed E-state index contributed by atoms with van der Waals surface area (Å²) < 4.78 is 31.1. The first-order valence-electron chi connectivity index (χ1n) is 10.8. The van der Waals surface area contributed by atoms with Gasteiger partial charge in [-0.1, -0.05) is 11.6 Å². The van der Waals surface area contributed by atoms with Gasteiger partial charge in [0.15, 0.2) is 5.78 Å². The van der Waals surface area contributed by atoms with E-state index in [4.69, 9.17) is 4.74 Å². The van der Waals surface area contributed by atoms with E-state index in [1.807, 2.05) is 30.0 Å². The SMILES string of the molecule is Cc1ccc2c(c1)C(=O)C[C@H]([C@H]1CCCN(C(=O)C3CCN(S(C)(=O)=O)CC3)C1)O2. The molecule has 1 amide bonds. The second-order valence-corrected chi connectivity index (χ2v) is 10.9. The fourth-order valence-electron chi connectivity index (χ4n) is 4.93. The Bertz CT molecular complexity index is 937. The van der Waals surface area contributed by atoms with Crippen molar-refractivity contribution in [1.82, 2.24) is 9.21 Å². The zero-order valence-corrected chi connectivity index (χ0v) is 18.5. The van der Waals surface area contributed by atoms with Gasteiger partial charge in [0.2, 0.25) is 15.9 Å². The molecule has 4 rings (SSSR count). The second kappa shape index (κ2) is 8.30. The van der Waals surface area contributed by atoms with E-state index < -0.39 is 10.0 Å². The van der Waals surface area contributed by atoms with Gasteiger partial charge < -0.3 is 9.64 Å². The molecule has 0 unspecified atom stereocenters. The van der Waals surface area contributed by atoms with Crippen molar-refractivity contribution in [3.05, 3.63) is 29.3 Å². The third-order valence-corrected chi connectivity index (χ3v) is 7.97. The van der Waals surface area contributed by atoms with Gasteiger partial charge in [-0.15, -0.1) is 0 Å². The number of sulfonamides is 1. The maximum atomic E-state index is 13.1. The largest absolute Gasteiger partial charge is 0.489 e. The minimum atomic E-state index is -3.20. The highest BCUT2D eigenvalue weighted by atomic mass is 32.2. The van der Waals surface area contributed by atoms with E-state index in [1.165, 1.54) is 10.6 Å². The number of Topliss-reactive ketones (excluding diaryl/α,β-unsaturated/α-hetero) is 1. The summed E-state index contributed by atoms with van der Waals surface area (Å²) in [5.74, 6) is 0.891. The highest BCUT2D eigenvalue weighted by molar-refractivity contribution is 7.88. The van der Waals surface area contributed by atoms with E-state index in [1.54, 1.807) is 0 Å². The predicted octanol–water partition coefficient (Wildman–Crippen LogP) is 2.24. The smallest absolute Gasteiger partial charge is 0.225 e. The number of aryl methyl sites for hydroxylation is 1. The number of piperidine rings is 2. The Hall–Kier alpha value is -1.93. The molecule has 30 heavy (non-hydrogen) atoms. The molecule has 7 nitrogen and oxygen atoms in total. The standard InChI is InChI=1S/C22H30N2O5S/c1-15-5-6-20-18(12-15)19(25)13-21(29-20)17-4-3-9-23(14-17)22(26)16-7-10-24(11-8-16)30(2,27)28/h5-6,12,16-17,21H,3-4,7-11,13-14H2,1-2H3/t17-,21+/m0/s1. The van der Waals surface area contributed by atoms with Gasteiger partial charge in [0.1, 0.15) is 11.9 Å². The molecule has 3 heterocycles. The molecule has 0 aromatic heterocycles. The molecule has 0 radical (unpaired) electrons. The quantitative estimate of drug-likeness (QED) is 0.729. The maximum absolute atomic E-state index is 13.1. The van der Waals surface area contributed by atoms with E-state index in [0.29, 0.717) is 50.2 Å². The van der Waals surface area contributed by atoms with Crippen LogP contribution in [0.1, 0.15) is 48.0 Å². The fourth-order valence-corrected chi connectivity index (χ4v) is 5.81. The number of carbonyl (C=O) groups is 2. The van der Waals surface area contributed by atoms with Gasteiger partial charge in [-0.25, -0.2) is 12.7 Å². The van der Waals surface area contributed by atoms with Crippen molar-refractivity contribution in [3.63, 3.8) is 0 Å². The van der Waals surface area contributed by atoms with Crippen LogP contribution in [-0.2, 0) is 14.8 Å². The Labute approximate surface area is 178 Å². The van der Waals surface area contributed by atoms with Crippen LogP contribution in [0.4, 0.5) is 0 Å². The number of nitrogens with zero attached hydrogens (tertiary/aromatic N) is 2. The molecule has 3 aliphatic rings. The van der Waals surface area contributed by atoms with Crippen molar-refractivity contribution < 1.29 is 22.7 Å². The Morgan fingerprint density at radius 1 is 1.13 bits per heavy atom. The van der Waals surface area contributed by atoms with E-state index >= 15 is 0 Å². The third-order valence-electron chi connectivity index (χ3n) is 6.67. The molecule has 3 aliphatic heterocycles. The summed E-state index contributed by atoms with van der Waals surface area (Å²) in [6.07, 6.45) is 4.35. The summed E-state index contributed by atoms with van der Waals surface area (Å²) in [6.45, 7) is 4.10. The normalized spacial score (nSPS) is 26.2. The van der Waals surface area contributed by atoms with Crippen LogP contribution < -0.4 is 4.74 Å². The molecule has 2 atom stereocenters. The molecule has 0 spiro atoms. The number of hydrogen-bond donors (Lipinski definition) is 0. The molecule has 0 aliphatic carbocycles. The first-order valence-corrected chi connectivity index (χ1v) is 12.6. The average Bonchev–Trinajstić information content (AvgIpc) is 2.73. The molecule has 0 saturated carbocycles. The monoisotopic (exact) mass is 434 g/mol. The van der Waals surface area contributed by atoms with Crippen molar-refractivity contribution in [1.29, 1.82) is 0 Å². The zero-order chi connectivity index (χ0) is 21.5. The van der Waals surface area contributed by atoms with Crippen LogP contribution in [0.3, 0.4) is 0 Å². The van der Waals surface area contributed by atoms with Crippen LogP contribution in [0.2, 0.25) is 0 Å². The van der Waals surface area contributed by atoms with Crippen LogP contribution in [0, 0.1) is 18.8 Å². The van der Waals surface area contributed by atoms with Crippen LogP contribution in [0.5, 0.6) is 5.75 Å². The lowest BCUT2D eigenvalue weighted by atomic mass is 9.85. The number of benzene rings is 1. The Kier molecular flexibility index (Phi) is 5.90. The molecular formula is C22H30N2O5S. The lowest BCUT2D eigenvalue weighted by molar-refractivity contribution is -0.139. The number of fused-ring (bicyclic) bond motifs is 1. The highest BCUT2D eigenvalue weighted by Crippen LogP contribution is 2.34. The lowest BCUT2D eigenvalue weighted by Gasteiger charge is -2.40. The summed E-state index contributed by atoms with van der Waals surface area (Å²) in [5.41, 5.74) is 1.70. The van der Waals surface area contributed by atoms with E-state index in [9.17, 15) is 18.0 Å². The minimum Gasteiger partial charge on any atom is -0.489 e. The number of rotatable bonds is 3. The molecule has 164 valence electrons. The molecular weight excluding hydrogens is 404 g/mol. The molecule has 0 bridgehead atoms. The van der Waals surface area contributed by atoms with E-state index in [0.717, 1.165) is 24.9 Å². The van der Waals surface area contributed by atoms with Crippen molar-refractivity contribution in [2.24, 2.45) is 11.8 Å². The average molecular weight is 435 g/mol. The summed E-state index contributed by atoms with van der Waals surface area (Å²) in [4.78, 5) is 27.6. The number of hydrogen-bond acceptors (Lipinski definition) is 5. The van der Waals surface area contributed by atoms with Gasteiger partial charge in [0, 0.05) is 44.4 Å². The van der Waals surface area contributed by atoms with Crippen LogP contribution >= 0.6 is 0 Å². The fraction of sp³-hybridized carbons (Fsp3) is 0.636. The first kappa shape index (κ1) is 21.3.